The van der Waals surface area contributed by atoms with Gasteiger partial charge < -0.3 is 14.4 Å². The molecule has 0 bridgehead atoms. The Kier molecular flexibility index (Phi) is 5.04. The highest BCUT2D eigenvalue weighted by molar-refractivity contribution is 6.04. The zero-order valence-electron chi connectivity index (χ0n) is 16.9. The first-order valence-corrected chi connectivity index (χ1v) is 10.3. The molecule has 0 N–H and O–H groups in total. The Labute approximate surface area is 180 Å². The summed E-state index contributed by atoms with van der Waals surface area (Å²) in [6.07, 6.45) is 0.473. The largest absolute Gasteiger partial charge is 0.454 e. The predicted octanol–water partition coefficient (Wildman–Crippen LogP) is 3.99. The second-order valence-corrected chi connectivity index (χ2v) is 7.71. The molecule has 5 rings (SSSR count). The number of benzene rings is 3. The van der Waals surface area contributed by atoms with Gasteiger partial charge in [0.2, 0.25) is 6.79 Å². The van der Waals surface area contributed by atoms with E-state index in [9.17, 15) is 9.59 Å². The Bertz CT molecular complexity index is 1100. The Morgan fingerprint density at radius 1 is 0.742 bits per heavy atom. The van der Waals surface area contributed by atoms with Crippen LogP contribution in [0.25, 0.3) is 0 Å². The van der Waals surface area contributed by atoms with Gasteiger partial charge in [-0.05, 0) is 28.8 Å². The van der Waals surface area contributed by atoms with Gasteiger partial charge in [0, 0.05) is 13.0 Å². The third-order valence-corrected chi connectivity index (χ3v) is 5.65. The highest BCUT2D eigenvalue weighted by Crippen LogP contribution is 2.34. The molecule has 0 aliphatic carbocycles. The number of carbonyl (C=O) groups is 2. The summed E-state index contributed by atoms with van der Waals surface area (Å²) in [5, 5.41) is 0. The van der Waals surface area contributed by atoms with E-state index in [4.69, 9.17) is 9.47 Å². The van der Waals surface area contributed by atoms with Gasteiger partial charge in [-0.15, -0.1) is 0 Å². The molecule has 3 amide bonds. The van der Waals surface area contributed by atoms with E-state index in [2.05, 4.69) is 0 Å². The van der Waals surface area contributed by atoms with Gasteiger partial charge in [0.1, 0.15) is 6.04 Å². The zero-order valence-corrected chi connectivity index (χ0v) is 16.9. The summed E-state index contributed by atoms with van der Waals surface area (Å²) in [7, 11) is 0. The molecule has 0 radical (unpaired) electrons. The molecule has 3 aromatic rings. The van der Waals surface area contributed by atoms with Crippen molar-refractivity contribution in [3.05, 3.63) is 95.6 Å². The van der Waals surface area contributed by atoms with E-state index in [1.54, 1.807) is 4.90 Å². The predicted molar refractivity (Wildman–Crippen MR) is 114 cm³/mol. The van der Waals surface area contributed by atoms with Crippen molar-refractivity contribution in [2.24, 2.45) is 0 Å². The average Bonchev–Trinajstić information content (AvgIpc) is 3.35. The van der Waals surface area contributed by atoms with Gasteiger partial charge in [0.15, 0.2) is 11.5 Å². The minimum atomic E-state index is -0.552. The first kappa shape index (κ1) is 19.2. The van der Waals surface area contributed by atoms with E-state index in [0.29, 0.717) is 24.5 Å². The standard InChI is InChI=1S/C25H22N2O4/c28-24-21(13-18-7-3-1-4-8-18)26(16-20-11-12-22-23(14-20)31-17-30-22)25(29)27(24)15-19-9-5-2-6-10-19/h1-12,14,21H,13,15-17H2/t21-/m0/s1. The normalized spacial score (nSPS) is 17.5. The molecule has 0 unspecified atom stereocenters. The van der Waals surface area contributed by atoms with Gasteiger partial charge in [-0.25, -0.2) is 4.79 Å². The number of carbonyl (C=O) groups excluding carboxylic acids is 2. The monoisotopic (exact) mass is 414 g/mol. The van der Waals surface area contributed by atoms with E-state index < -0.39 is 6.04 Å². The Morgan fingerprint density at radius 3 is 2.16 bits per heavy atom. The molecule has 6 nitrogen and oxygen atoms in total. The fourth-order valence-electron chi connectivity index (χ4n) is 4.06. The first-order chi connectivity index (χ1) is 15.2. The van der Waals surface area contributed by atoms with Crippen LogP contribution in [0.2, 0.25) is 0 Å². The second-order valence-electron chi connectivity index (χ2n) is 7.71. The van der Waals surface area contributed by atoms with Crippen LogP contribution >= 0.6 is 0 Å². The van der Waals surface area contributed by atoms with E-state index in [1.807, 2.05) is 78.9 Å². The van der Waals surface area contributed by atoms with Gasteiger partial charge in [0.25, 0.3) is 5.91 Å². The summed E-state index contributed by atoms with van der Waals surface area (Å²) in [6.45, 7) is 0.785. The summed E-state index contributed by atoms with van der Waals surface area (Å²) in [4.78, 5) is 29.7. The molecule has 1 saturated heterocycles. The Morgan fingerprint density at radius 2 is 1.42 bits per heavy atom. The lowest BCUT2D eigenvalue weighted by atomic mass is 10.0. The van der Waals surface area contributed by atoms with Crippen molar-refractivity contribution >= 4 is 11.9 Å². The van der Waals surface area contributed by atoms with Crippen molar-refractivity contribution in [3.63, 3.8) is 0 Å². The summed E-state index contributed by atoms with van der Waals surface area (Å²) >= 11 is 0. The van der Waals surface area contributed by atoms with Crippen LogP contribution in [0.1, 0.15) is 16.7 Å². The van der Waals surface area contributed by atoms with Crippen LogP contribution in [0, 0.1) is 0 Å². The maximum atomic E-state index is 13.3. The number of hydrogen-bond acceptors (Lipinski definition) is 4. The van der Waals surface area contributed by atoms with Crippen LogP contribution in [0.4, 0.5) is 4.79 Å². The molecule has 0 spiro atoms. The third-order valence-electron chi connectivity index (χ3n) is 5.65. The molecular weight excluding hydrogens is 392 g/mol. The molecule has 1 atom stereocenters. The van der Waals surface area contributed by atoms with Crippen molar-refractivity contribution in [1.82, 2.24) is 9.80 Å². The van der Waals surface area contributed by atoms with Crippen LogP contribution in [0.3, 0.4) is 0 Å². The summed E-state index contributed by atoms with van der Waals surface area (Å²) in [5.74, 6) is 1.19. The molecule has 2 heterocycles. The molecule has 2 aliphatic heterocycles. The lowest BCUT2D eigenvalue weighted by molar-refractivity contribution is -0.128. The lowest BCUT2D eigenvalue weighted by Crippen LogP contribution is -2.36. The fraction of sp³-hybridized carbons (Fsp3) is 0.200. The van der Waals surface area contributed by atoms with Crippen LogP contribution in [-0.4, -0.2) is 34.6 Å². The molecule has 0 aromatic heterocycles. The summed E-state index contributed by atoms with van der Waals surface area (Å²) in [5.41, 5.74) is 2.84. The van der Waals surface area contributed by atoms with E-state index in [1.165, 1.54) is 4.90 Å². The number of ether oxygens (including phenoxy) is 2. The van der Waals surface area contributed by atoms with E-state index >= 15 is 0 Å². The number of nitrogens with zero attached hydrogens (tertiary/aromatic N) is 2. The minimum Gasteiger partial charge on any atom is -0.454 e. The second kappa shape index (κ2) is 8.14. The van der Waals surface area contributed by atoms with E-state index in [0.717, 1.165) is 16.7 Å². The van der Waals surface area contributed by atoms with Crippen molar-refractivity contribution in [2.45, 2.75) is 25.6 Å². The van der Waals surface area contributed by atoms with Gasteiger partial charge >= 0.3 is 6.03 Å². The number of amides is 3. The average molecular weight is 414 g/mol. The minimum absolute atomic E-state index is 0.168. The fourth-order valence-corrected chi connectivity index (χ4v) is 4.06. The smallest absolute Gasteiger partial charge is 0.328 e. The molecule has 1 fully saturated rings. The molecule has 0 saturated carbocycles. The quantitative estimate of drug-likeness (QED) is 0.573. The topological polar surface area (TPSA) is 59.1 Å². The number of hydrogen-bond donors (Lipinski definition) is 0. The SMILES string of the molecule is O=C1[C@H](Cc2ccccc2)N(Cc2ccc3c(c2)OCO3)C(=O)N1Cc1ccccc1. The van der Waals surface area contributed by atoms with Crippen LogP contribution < -0.4 is 9.47 Å². The van der Waals surface area contributed by atoms with Crippen molar-refractivity contribution in [3.8, 4) is 11.5 Å². The summed E-state index contributed by atoms with van der Waals surface area (Å²) in [6, 6.07) is 24.2. The molecule has 156 valence electrons. The van der Waals surface area contributed by atoms with Gasteiger partial charge in [-0.3, -0.25) is 9.69 Å². The van der Waals surface area contributed by atoms with Crippen molar-refractivity contribution in [2.75, 3.05) is 6.79 Å². The zero-order chi connectivity index (χ0) is 21.2. The number of fused-ring (bicyclic) bond motifs is 1. The van der Waals surface area contributed by atoms with Gasteiger partial charge in [-0.2, -0.15) is 0 Å². The maximum Gasteiger partial charge on any atom is 0.328 e. The van der Waals surface area contributed by atoms with Gasteiger partial charge in [-0.1, -0.05) is 66.7 Å². The van der Waals surface area contributed by atoms with E-state index in [-0.39, 0.29) is 25.3 Å². The van der Waals surface area contributed by atoms with Crippen molar-refractivity contribution in [1.29, 1.82) is 0 Å². The van der Waals surface area contributed by atoms with Crippen LogP contribution in [0.15, 0.2) is 78.9 Å². The van der Waals surface area contributed by atoms with Crippen molar-refractivity contribution < 1.29 is 19.1 Å². The first-order valence-electron chi connectivity index (χ1n) is 10.3. The summed E-state index contributed by atoms with van der Waals surface area (Å²) < 4.78 is 10.9. The molecule has 31 heavy (non-hydrogen) atoms. The van der Waals surface area contributed by atoms with Crippen LogP contribution in [-0.2, 0) is 24.3 Å². The number of urea groups is 1. The van der Waals surface area contributed by atoms with Gasteiger partial charge in [0.05, 0.1) is 6.54 Å². The highest BCUT2D eigenvalue weighted by Gasteiger charge is 2.44. The number of rotatable bonds is 6. The Balaban J connectivity index is 1.43. The maximum absolute atomic E-state index is 13.3. The third kappa shape index (κ3) is 3.84. The molecule has 6 heteroatoms. The molecular formula is C25H22N2O4. The molecule has 3 aromatic carbocycles. The Hall–Kier alpha value is -3.80. The van der Waals surface area contributed by atoms with Crippen LogP contribution in [0.5, 0.6) is 11.5 Å². The lowest BCUT2D eigenvalue weighted by Gasteiger charge is -2.22. The number of imide groups is 1. The highest BCUT2D eigenvalue weighted by atomic mass is 16.7. The molecule has 2 aliphatic rings.